The molecule has 1 amide bonds. The standard InChI is InChI=1S/C26H25N5O3S/c1-17(2)31-24-21(16-28-31)20(15-22(29-24)23-11-7-14-35-23)26(33)34-18(3)25(32)30(13-8-12-27)19-9-5-4-6-10-19/h4-7,9-11,14-18H,8,13H2,1-3H3. The lowest BCUT2D eigenvalue weighted by molar-refractivity contribution is -0.126. The molecule has 0 saturated carbocycles. The molecule has 0 bridgehead atoms. The van der Waals surface area contributed by atoms with Crippen LogP contribution in [0.4, 0.5) is 5.69 Å². The molecular formula is C26H25N5O3S. The maximum absolute atomic E-state index is 13.3. The molecule has 8 nitrogen and oxygen atoms in total. The number of anilines is 1. The van der Waals surface area contributed by atoms with Gasteiger partial charge in [-0.15, -0.1) is 11.3 Å². The number of fused-ring (bicyclic) bond motifs is 1. The molecule has 178 valence electrons. The van der Waals surface area contributed by atoms with Crippen LogP contribution in [0.1, 0.15) is 43.6 Å². The van der Waals surface area contributed by atoms with Crippen LogP contribution >= 0.6 is 11.3 Å². The van der Waals surface area contributed by atoms with Gasteiger partial charge in [-0.3, -0.25) is 4.79 Å². The number of nitriles is 1. The quantitative estimate of drug-likeness (QED) is 0.315. The second-order valence-electron chi connectivity index (χ2n) is 8.23. The maximum atomic E-state index is 13.3. The Morgan fingerprint density at radius 2 is 1.94 bits per heavy atom. The third-order valence-electron chi connectivity index (χ3n) is 5.46. The number of nitrogens with zero attached hydrogens (tertiary/aromatic N) is 5. The zero-order valence-corrected chi connectivity index (χ0v) is 20.5. The Kier molecular flexibility index (Phi) is 7.22. The first kappa shape index (κ1) is 24.1. The SMILES string of the molecule is CC(OC(=O)c1cc(-c2cccs2)nc2c1cnn2C(C)C)C(=O)N(CCC#N)c1ccccc1. The van der Waals surface area contributed by atoms with Crippen molar-refractivity contribution in [3.63, 3.8) is 0 Å². The Morgan fingerprint density at radius 1 is 1.17 bits per heavy atom. The van der Waals surface area contributed by atoms with Gasteiger partial charge < -0.3 is 9.64 Å². The fourth-order valence-electron chi connectivity index (χ4n) is 3.75. The van der Waals surface area contributed by atoms with Gasteiger partial charge in [0.2, 0.25) is 0 Å². The van der Waals surface area contributed by atoms with E-state index in [4.69, 9.17) is 15.0 Å². The van der Waals surface area contributed by atoms with Gasteiger partial charge in [-0.1, -0.05) is 24.3 Å². The lowest BCUT2D eigenvalue weighted by Gasteiger charge is -2.25. The lowest BCUT2D eigenvalue weighted by Crippen LogP contribution is -2.40. The summed E-state index contributed by atoms with van der Waals surface area (Å²) in [6.07, 6.45) is 0.701. The molecule has 0 saturated heterocycles. The van der Waals surface area contributed by atoms with Crippen molar-refractivity contribution >= 4 is 39.9 Å². The third-order valence-corrected chi connectivity index (χ3v) is 6.35. The number of amides is 1. The zero-order chi connectivity index (χ0) is 24.9. The molecule has 35 heavy (non-hydrogen) atoms. The Morgan fingerprint density at radius 3 is 2.60 bits per heavy atom. The fourth-order valence-corrected chi connectivity index (χ4v) is 4.43. The number of hydrogen-bond acceptors (Lipinski definition) is 7. The van der Waals surface area contributed by atoms with Gasteiger partial charge in [-0.2, -0.15) is 10.4 Å². The summed E-state index contributed by atoms with van der Waals surface area (Å²) in [5.41, 5.74) is 2.16. The summed E-state index contributed by atoms with van der Waals surface area (Å²) in [7, 11) is 0. The smallest absolute Gasteiger partial charge is 0.339 e. The minimum absolute atomic E-state index is 0.0440. The summed E-state index contributed by atoms with van der Waals surface area (Å²) in [6.45, 7) is 5.72. The molecular weight excluding hydrogens is 462 g/mol. The van der Waals surface area contributed by atoms with Gasteiger partial charge in [0.15, 0.2) is 11.8 Å². The topological polar surface area (TPSA) is 101 Å². The minimum atomic E-state index is -1.06. The molecule has 0 N–H and O–H groups in total. The first-order valence-electron chi connectivity index (χ1n) is 11.3. The summed E-state index contributed by atoms with van der Waals surface area (Å²) in [6, 6.07) is 16.7. The van der Waals surface area contributed by atoms with E-state index in [1.165, 1.54) is 16.2 Å². The molecule has 1 unspecified atom stereocenters. The van der Waals surface area contributed by atoms with Crippen molar-refractivity contribution in [1.29, 1.82) is 5.26 Å². The van der Waals surface area contributed by atoms with Gasteiger partial charge in [-0.25, -0.2) is 14.5 Å². The molecule has 1 aromatic carbocycles. The average Bonchev–Trinajstić information content (AvgIpc) is 3.54. The van der Waals surface area contributed by atoms with Crippen LogP contribution < -0.4 is 4.90 Å². The molecule has 3 heterocycles. The van der Waals surface area contributed by atoms with E-state index < -0.39 is 18.0 Å². The van der Waals surface area contributed by atoms with Crippen molar-refractivity contribution in [2.45, 2.75) is 39.3 Å². The molecule has 4 rings (SSSR count). The Balaban J connectivity index is 1.66. The Labute approximate surface area is 207 Å². The van der Waals surface area contributed by atoms with E-state index >= 15 is 0 Å². The van der Waals surface area contributed by atoms with Gasteiger partial charge in [0.25, 0.3) is 5.91 Å². The monoisotopic (exact) mass is 487 g/mol. The Hall–Kier alpha value is -4.03. The highest BCUT2D eigenvalue weighted by atomic mass is 32.1. The summed E-state index contributed by atoms with van der Waals surface area (Å²) in [4.78, 5) is 33.7. The molecule has 0 spiro atoms. The van der Waals surface area contributed by atoms with Gasteiger partial charge in [-0.05, 0) is 50.4 Å². The highest BCUT2D eigenvalue weighted by molar-refractivity contribution is 7.13. The third kappa shape index (κ3) is 5.08. The van der Waals surface area contributed by atoms with Crippen molar-refractivity contribution in [2.75, 3.05) is 11.4 Å². The molecule has 0 aliphatic rings. The summed E-state index contributed by atoms with van der Waals surface area (Å²) >= 11 is 1.52. The van der Waals surface area contributed by atoms with Crippen LogP contribution in [0.5, 0.6) is 0 Å². The molecule has 9 heteroatoms. The molecule has 0 radical (unpaired) electrons. The van der Waals surface area contributed by atoms with E-state index in [9.17, 15) is 9.59 Å². The molecule has 0 fully saturated rings. The van der Waals surface area contributed by atoms with Gasteiger partial charge >= 0.3 is 5.97 Å². The van der Waals surface area contributed by atoms with Crippen molar-refractivity contribution < 1.29 is 14.3 Å². The minimum Gasteiger partial charge on any atom is -0.449 e. The van der Waals surface area contributed by atoms with Crippen LogP contribution in [0, 0.1) is 11.3 Å². The molecule has 4 aromatic rings. The highest BCUT2D eigenvalue weighted by Gasteiger charge is 2.27. The summed E-state index contributed by atoms with van der Waals surface area (Å²) in [5, 5.41) is 16.0. The largest absolute Gasteiger partial charge is 0.449 e. The normalized spacial score (nSPS) is 11.9. The number of para-hydroxylation sites is 1. The number of ether oxygens (including phenoxy) is 1. The second-order valence-corrected chi connectivity index (χ2v) is 9.18. The number of pyridine rings is 1. The predicted octanol–water partition coefficient (Wildman–Crippen LogP) is 5.23. The van der Waals surface area contributed by atoms with Crippen molar-refractivity contribution in [3.05, 3.63) is 65.7 Å². The lowest BCUT2D eigenvalue weighted by atomic mass is 10.1. The predicted molar refractivity (Wildman–Crippen MR) is 135 cm³/mol. The average molecular weight is 488 g/mol. The van der Waals surface area contributed by atoms with Crippen LogP contribution in [0.15, 0.2) is 60.1 Å². The van der Waals surface area contributed by atoms with Crippen LogP contribution in [0.2, 0.25) is 0 Å². The number of hydrogen-bond donors (Lipinski definition) is 0. The van der Waals surface area contributed by atoms with Crippen LogP contribution in [0.25, 0.3) is 21.6 Å². The van der Waals surface area contributed by atoms with Gasteiger partial charge in [0, 0.05) is 18.3 Å². The van der Waals surface area contributed by atoms with Crippen LogP contribution in [-0.4, -0.2) is 39.3 Å². The maximum Gasteiger partial charge on any atom is 0.339 e. The number of carbonyl (C=O) groups is 2. The zero-order valence-electron chi connectivity index (χ0n) is 19.7. The number of carbonyl (C=O) groups excluding carboxylic acids is 2. The second kappa shape index (κ2) is 10.5. The van der Waals surface area contributed by atoms with Crippen LogP contribution in [0.3, 0.4) is 0 Å². The van der Waals surface area contributed by atoms with Gasteiger partial charge in [0.1, 0.15) is 0 Å². The fraction of sp³-hybridized carbons (Fsp3) is 0.269. The number of benzene rings is 1. The first-order valence-corrected chi connectivity index (χ1v) is 12.1. The van der Waals surface area contributed by atoms with E-state index in [1.807, 2.05) is 49.6 Å². The van der Waals surface area contributed by atoms with E-state index in [-0.39, 0.29) is 19.0 Å². The number of esters is 1. The number of thiophene rings is 1. The van der Waals surface area contributed by atoms with Crippen LogP contribution in [-0.2, 0) is 9.53 Å². The van der Waals surface area contributed by atoms with E-state index in [1.54, 1.807) is 36.0 Å². The molecule has 3 aromatic heterocycles. The van der Waals surface area contributed by atoms with E-state index in [0.717, 1.165) is 4.88 Å². The summed E-state index contributed by atoms with van der Waals surface area (Å²) < 4.78 is 7.42. The number of rotatable bonds is 8. The highest BCUT2D eigenvalue weighted by Crippen LogP contribution is 2.29. The molecule has 0 aliphatic heterocycles. The number of aromatic nitrogens is 3. The van der Waals surface area contributed by atoms with E-state index in [2.05, 4.69) is 11.2 Å². The Bertz CT molecular complexity index is 1370. The van der Waals surface area contributed by atoms with Crippen molar-refractivity contribution in [1.82, 2.24) is 14.8 Å². The van der Waals surface area contributed by atoms with E-state index in [0.29, 0.717) is 28.0 Å². The van der Waals surface area contributed by atoms with Crippen molar-refractivity contribution in [2.24, 2.45) is 0 Å². The molecule has 1 atom stereocenters. The van der Waals surface area contributed by atoms with Crippen molar-refractivity contribution in [3.8, 4) is 16.6 Å². The molecule has 0 aliphatic carbocycles. The first-order chi connectivity index (χ1) is 16.9. The summed E-state index contributed by atoms with van der Waals surface area (Å²) in [5.74, 6) is -1.03. The van der Waals surface area contributed by atoms with Gasteiger partial charge in [0.05, 0.1) is 40.2 Å².